The van der Waals surface area contributed by atoms with Crippen molar-refractivity contribution in [3.05, 3.63) is 138 Å². The standard InChI is InChI=1S/C39H36F4N4O2/c40-38-33-26-30(17-20-35(33)44-45-38)37(34(27-39(41,42)43)28-10-3-1-4-11-28)29-15-18-32(19-16-29)49-25-24-46(31-12-5-2-6-13-31)23-9-14-36(48)47-21-7-8-22-47/h1-6,9-20,26H,7-8,21-25,27H2,(H,44,45)/b14-9+,37-34+. The van der Waals surface area contributed by atoms with Crippen molar-refractivity contribution in [2.24, 2.45) is 0 Å². The number of anilines is 1. The highest BCUT2D eigenvalue weighted by atomic mass is 19.4. The molecule has 1 aliphatic heterocycles. The number of amides is 1. The highest BCUT2D eigenvalue weighted by Crippen LogP contribution is 2.40. The van der Waals surface area contributed by atoms with Crippen LogP contribution in [0.15, 0.2) is 115 Å². The lowest BCUT2D eigenvalue weighted by atomic mass is 9.87. The van der Waals surface area contributed by atoms with Crippen LogP contribution < -0.4 is 9.64 Å². The van der Waals surface area contributed by atoms with Gasteiger partial charge in [0.15, 0.2) is 0 Å². The quantitative estimate of drug-likeness (QED) is 0.0821. The van der Waals surface area contributed by atoms with E-state index in [9.17, 15) is 22.4 Å². The average Bonchev–Trinajstić information content (AvgIpc) is 3.79. The SMILES string of the molecule is O=C(/C=C/CN(CCOc1ccc(/C(=C(/CC(F)(F)F)c2ccccc2)c2ccc3[nH]nc(F)c3c2)cc1)c1ccccc1)N1CCCC1. The molecular formula is C39H36F4N4O2. The number of nitrogens with zero attached hydrogens (tertiary/aromatic N) is 3. The molecule has 6 nitrogen and oxygen atoms in total. The molecule has 1 fully saturated rings. The maximum absolute atomic E-state index is 14.5. The van der Waals surface area contributed by atoms with Gasteiger partial charge in [-0.25, -0.2) is 0 Å². The summed E-state index contributed by atoms with van der Waals surface area (Å²) in [5.41, 5.74) is 3.21. The number of hydrogen-bond donors (Lipinski definition) is 1. The van der Waals surface area contributed by atoms with Gasteiger partial charge in [0.1, 0.15) is 12.4 Å². The molecule has 1 N–H and O–H groups in total. The van der Waals surface area contributed by atoms with Gasteiger partial charge in [0.2, 0.25) is 11.9 Å². The number of carbonyl (C=O) groups excluding carboxylic acids is 1. The molecule has 49 heavy (non-hydrogen) atoms. The van der Waals surface area contributed by atoms with Crippen molar-refractivity contribution in [1.29, 1.82) is 0 Å². The highest BCUT2D eigenvalue weighted by molar-refractivity contribution is 6.00. The van der Waals surface area contributed by atoms with Crippen LogP contribution in [0.4, 0.5) is 23.2 Å². The Kier molecular flexibility index (Phi) is 10.4. The molecule has 0 aliphatic carbocycles. The summed E-state index contributed by atoms with van der Waals surface area (Å²) in [4.78, 5) is 16.5. The van der Waals surface area contributed by atoms with Crippen LogP contribution in [0.5, 0.6) is 5.75 Å². The molecule has 0 radical (unpaired) electrons. The summed E-state index contributed by atoms with van der Waals surface area (Å²) in [6, 6.07) is 30.0. The van der Waals surface area contributed by atoms with Crippen molar-refractivity contribution in [1.82, 2.24) is 15.1 Å². The number of H-pyrrole nitrogens is 1. The molecular weight excluding hydrogens is 632 g/mol. The van der Waals surface area contributed by atoms with E-state index in [0.29, 0.717) is 53.2 Å². The number of rotatable bonds is 12. The number of aromatic amines is 1. The molecule has 0 spiro atoms. The van der Waals surface area contributed by atoms with Crippen LogP contribution in [0.25, 0.3) is 22.0 Å². The van der Waals surface area contributed by atoms with Gasteiger partial charge in [-0.3, -0.25) is 9.89 Å². The van der Waals surface area contributed by atoms with Gasteiger partial charge in [-0.2, -0.15) is 17.6 Å². The molecule has 1 saturated heterocycles. The van der Waals surface area contributed by atoms with E-state index in [2.05, 4.69) is 15.1 Å². The molecule has 6 rings (SSSR count). The first-order chi connectivity index (χ1) is 23.7. The van der Waals surface area contributed by atoms with E-state index < -0.39 is 18.5 Å². The van der Waals surface area contributed by atoms with Crippen LogP contribution >= 0.6 is 0 Å². The van der Waals surface area contributed by atoms with Crippen molar-refractivity contribution >= 4 is 33.6 Å². The number of fused-ring (bicyclic) bond motifs is 1. The van der Waals surface area contributed by atoms with Crippen molar-refractivity contribution in [2.45, 2.75) is 25.4 Å². The van der Waals surface area contributed by atoms with Gasteiger partial charge >= 0.3 is 6.18 Å². The summed E-state index contributed by atoms with van der Waals surface area (Å²) in [7, 11) is 0. The van der Waals surface area contributed by atoms with Crippen LogP contribution in [0.2, 0.25) is 0 Å². The minimum atomic E-state index is -4.49. The van der Waals surface area contributed by atoms with Crippen LogP contribution in [0.3, 0.4) is 0 Å². The Labute approximate surface area is 282 Å². The molecule has 4 aromatic carbocycles. The Morgan fingerprint density at radius 3 is 2.24 bits per heavy atom. The molecule has 2 heterocycles. The highest BCUT2D eigenvalue weighted by Gasteiger charge is 2.31. The fourth-order valence-electron chi connectivity index (χ4n) is 6.11. The minimum Gasteiger partial charge on any atom is -0.492 e. The number of halogens is 4. The van der Waals surface area contributed by atoms with Gasteiger partial charge in [-0.15, -0.1) is 5.10 Å². The largest absolute Gasteiger partial charge is 0.492 e. The van der Waals surface area contributed by atoms with E-state index in [4.69, 9.17) is 4.74 Å². The predicted octanol–water partition coefficient (Wildman–Crippen LogP) is 8.68. The number of alkyl halides is 3. The normalized spacial score (nSPS) is 14.0. The second-order valence-corrected chi connectivity index (χ2v) is 11.9. The molecule has 0 atom stereocenters. The number of hydrogen-bond acceptors (Lipinski definition) is 4. The van der Waals surface area contributed by atoms with Gasteiger partial charge in [0.05, 0.1) is 23.9 Å². The third-order valence-electron chi connectivity index (χ3n) is 8.50. The molecule has 0 unspecified atom stereocenters. The van der Waals surface area contributed by atoms with Crippen LogP contribution in [0.1, 0.15) is 36.0 Å². The lowest BCUT2D eigenvalue weighted by molar-refractivity contribution is -0.125. The van der Waals surface area contributed by atoms with E-state index in [-0.39, 0.29) is 16.9 Å². The lowest BCUT2D eigenvalue weighted by Gasteiger charge is -2.24. The third-order valence-corrected chi connectivity index (χ3v) is 8.50. The zero-order valence-corrected chi connectivity index (χ0v) is 26.8. The Balaban J connectivity index is 1.24. The third kappa shape index (κ3) is 8.56. The molecule has 1 amide bonds. The number of ether oxygens (including phenoxy) is 1. The van der Waals surface area contributed by atoms with Crippen LogP contribution in [0, 0.1) is 5.95 Å². The van der Waals surface area contributed by atoms with Crippen molar-refractivity contribution in [2.75, 3.05) is 37.7 Å². The Bertz CT molecular complexity index is 1910. The zero-order valence-electron chi connectivity index (χ0n) is 26.8. The molecule has 5 aromatic rings. The predicted molar refractivity (Wildman–Crippen MR) is 185 cm³/mol. The summed E-state index contributed by atoms with van der Waals surface area (Å²) in [6.07, 6.45) is -0.0973. The van der Waals surface area contributed by atoms with E-state index >= 15 is 0 Å². The molecule has 10 heteroatoms. The molecule has 1 aliphatic rings. The lowest BCUT2D eigenvalue weighted by Crippen LogP contribution is -2.29. The second-order valence-electron chi connectivity index (χ2n) is 11.9. The van der Waals surface area contributed by atoms with E-state index in [1.54, 1.807) is 72.8 Å². The van der Waals surface area contributed by atoms with Crippen LogP contribution in [-0.4, -0.2) is 60.0 Å². The maximum atomic E-state index is 14.5. The number of nitrogens with one attached hydrogen (secondary N) is 1. The van der Waals surface area contributed by atoms with Gasteiger partial charge in [0, 0.05) is 31.4 Å². The monoisotopic (exact) mass is 668 g/mol. The summed E-state index contributed by atoms with van der Waals surface area (Å²) in [5, 5.41) is 6.41. The maximum Gasteiger partial charge on any atom is 0.393 e. The number of para-hydroxylation sites is 1. The van der Waals surface area contributed by atoms with E-state index in [1.165, 1.54) is 6.07 Å². The minimum absolute atomic E-state index is 0.0238. The number of likely N-dealkylation sites (tertiary alicyclic amines) is 1. The van der Waals surface area contributed by atoms with Gasteiger partial charge in [0.25, 0.3) is 0 Å². The molecule has 252 valence electrons. The second kappa shape index (κ2) is 15.2. The summed E-state index contributed by atoms with van der Waals surface area (Å²) in [6.45, 7) is 2.96. The van der Waals surface area contributed by atoms with Crippen molar-refractivity contribution < 1.29 is 27.1 Å². The molecule has 0 bridgehead atoms. The Morgan fingerprint density at radius 2 is 1.55 bits per heavy atom. The van der Waals surface area contributed by atoms with E-state index in [0.717, 1.165) is 31.6 Å². The molecule has 0 saturated carbocycles. The molecule has 1 aromatic heterocycles. The topological polar surface area (TPSA) is 61.5 Å². The van der Waals surface area contributed by atoms with Gasteiger partial charge < -0.3 is 14.5 Å². The summed E-state index contributed by atoms with van der Waals surface area (Å²) >= 11 is 0. The fourth-order valence-corrected chi connectivity index (χ4v) is 6.11. The number of benzene rings is 4. The number of carbonyl (C=O) groups is 1. The van der Waals surface area contributed by atoms with Crippen LogP contribution in [-0.2, 0) is 4.79 Å². The number of aromatic nitrogens is 2. The van der Waals surface area contributed by atoms with Gasteiger partial charge in [-0.1, -0.05) is 72.8 Å². The van der Waals surface area contributed by atoms with Gasteiger partial charge in [-0.05, 0) is 77.1 Å². The fraction of sp³-hybridized carbons (Fsp3) is 0.231. The van der Waals surface area contributed by atoms with Crippen molar-refractivity contribution in [3.8, 4) is 5.75 Å². The first-order valence-electron chi connectivity index (χ1n) is 16.2. The van der Waals surface area contributed by atoms with E-state index in [1.807, 2.05) is 41.3 Å². The summed E-state index contributed by atoms with van der Waals surface area (Å²) in [5.74, 6) is -0.157. The first-order valence-corrected chi connectivity index (χ1v) is 16.2. The Morgan fingerprint density at radius 1 is 0.878 bits per heavy atom. The average molecular weight is 669 g/mol. The number of allylic oxidation sites excluding steroid dienone is 1. The first kappa shape index (κ1) is 33.5. The van der Waals surface area contributed by atoms with Crippen molar-refractivity contribution in [3.63, 3.8) is 0 Å². The Hall–Kier alpha value is -5.38. The zero-order chi connectivity index (χ0) is 34.2. The smallest absolute Gasteiger partial charge is 0.393 e. The summed E-state index contributed by atoms with van der Waals surface area (Å²) < 4.78 is 62.8.